The van der Waals surface area contributed by atoms with Gasteiger partial charge in [-0.15, -0.1) is 11.3 Å². The van der Waals surface area contributed by atoms with Crippen LogP contribution in [0.25, 0.3) is 0 Å². The summed E-state index contributed by atoms with van der Waals surface area (Å²) in [4.78, 5) is 12.7. The molecule has 0 aliphatic rings. The molecule has 0 aliphatic heterocycles. The van der Waals surface area contributed by atoms with E-state index in [0.717, 1.165) is 11.3 Å². The normalized spacial score (nSPS) is 14.2. The van der Waals surface area contributed by atoms with Crippen molar-refractivity contribution in [1.29, 1.82) is 0 Å². The quantitative estimate of drug-likeness (QED) is 0.738. The molecule has 90 valence electrons. The maximum atomic E-state index is 11.5. The molecule has 0 saturated heterocycles. The first kappa shape index (κ1) is 13.0. The van der Waals surface area contributed by atoms with E-state index >= 15 is 0 Å². The minimum Gasteiger partial charge on any atom is -0.394 e. The zero-order chi connectivity index (χ0) is 12.0. The summed E-state index contributed by atoms with van der Waals surface area (Å²) in [6.07, 6.45) is 0.849. The molecule has 4 nitrogen and oxygen atoms in total. The predicted molar refractivity (Wildman–Crippen MR) is 65.6 cm³/mol. The van der Waals surface area contributed by atoms with Gasteiger partial charge in [-0.05, 0) is 24.8 Å². The number of carbonyl (C=O) groups is 1. The van der Waals surface area contributed by atoms with Crippen LogP contribution in [0.4, 0.5) is 4.79 Å². The monoisotopic (exact) mass is 242 g/mol. The largest absolute Gasteiger partial charge is 0.394 e. The molecule has 0 saturated carbocycles. The fourth-order valence-electron chi connectivity index (χ4n) is 1.33. The standard InChI is InChI=1S/C11H18N2O2S/c1-3-9(10-5-4-6-16-10)13-11(15)12-8(2)7-14/h4-6,8-9,14H,3,7H2,1-2H3,(H2,12,13,15)/t8-,9?/m0/s1. The van der Waals surface area contributed by atoms with Crippen molar-refractivity contribution in [3.8, 4) is 0 Å². The lowest BCUT2D eigenvalue weighted by molar-refractivity contribution is 0.217. The number of carbonyl (C=O) groups excluding carboxylic acids is 1. The topological polar surface area (TPSA) is 61.4 Å². The highest BCUT2D eigenvalue weighted by Gasteiger charge is 2.14. The molecule has 1 unspecified atom stereocenters. The summed E-state index contributed by atoms with van der Waals surface area (Å²) in [5.41, 5.74) is 0. The van der Waals surface area contributed by atoms with Crippen LogP contribution in [-0.2, 0) is 0 Å². The molecule has 0 spiro atoms. The van der Waals surface area contributed by atoms with E-state index in [2.05, 4.69) is 10.6 Å². The van der Waals surface area contributed by atoms with Gasteiger partial charge in [-0.1, -0.05) is 13.0 Å². The van der Waals surface area contributed by atoms with Crippen LogP contribution in [0.1, 0.15) is 31.2 Å². The summed E-state index contributed by atoms with van der Waals surface area (Å²) in [5, 5.41) is 16.4. The Balaban J connectivity index is 2.48. The summed E-state index contributed by atoms with van der Waals surface area (Å²) in [7, 11) is 0. The maximum absolute atomic E-state index is 11.5. The van der Waals surface area contributed by atoms with Crippen molar-refractivity contribution in [1.82, 2.24) is 10.6 Å². The first-order chi connectivity index (χ1) is 7.67. The van der Waals surface area contributed by atoms with Crippen molar-refractivity contribution in [3.05, 3.63) is 22.4 Å². The summed E-state index contributed by atoms with van der Waals surface area (Å²) in [6.45, 7) is 3.73. The molecule has 0 bridgehead atoms. The van der Waals surface area contributed by atoms with Crippen molar-refractivity contribution in [2.45, 2.75) is 32.4 Å². The Morgan fingerprint density at radius 3 is 2.81 bits per heavy atom. The molecular weight excluding hydrogens is 224 g/mol. The third kappa shape index (κ3) is 3.83. The molecule has 0 radical (unpaired) electrons. The third-order valence-electron chi connectivity index (χ3n) is 2.25. The van der Waals surface area contributed by atoms with Crippen molar-refractivity contribution < 1.29 is 9.90 Å². The van der Waals surface area contributed by atoms with E-state index in [1.165, 1.54) is 0 Å². The smallest absolute Gasteiger partial charge is 0.315 e. The predicted octanol–water partition coefficient (Wildman–Crippen LogP) is 1.88. The molecule has 2 atom stereocenters. The first-order valence-electron chi connectivity index (χ1n) is 5.38. The van der Waals surface area contributed by atoms with Crippen LogP contribution in [0.15, 0.2) is 17.5 Å². The van der Waals surface area contributed by atoms with E-state index < -0.39 is 0 Å². The molecule has 1 aromatic heterocycles. The van der Waals surface area contributed by atoms with Gasteiger partial charge >= 0.3 is 6.03 Å². The Hall–Kier alpha value is -1.07. The Kier molecular flexibility index (Phi) is 5.28. The van der Waals surface area contributed by atoms with Crippen LogP contribution < -0.4 is 10.6 Å². The molecule has 1 aromatic rings. The zero-order valence-electron chi connectivity index (χ0n) is 9.56. The lowest BCUT2D eigenvalue weighted by atomic mass is 10.2. The third-order valence-corrected chi connectivity index (χ3v) is 3.24. The van der Waals surface area contributed by atoms with E-state index in [1.54, 1.807) is 18.3 Å². The second kappa shape index (κ2) is 6.50. The lowest BCUT2D eigenvalue weighted by Crippen LogP contribution is -2.43. The molecule has 0 aromatic carbocycles. The summed E-state index contributed by atoms with van der Waals surface area (Å²) in [5.74, 6) is 0. The average molecular weight is 242 g/mol. The SMILES string of the molecule is CCC(NC(=O)N[C@@H](C)CO)c1cccs1. The van der Waals surface area contributed by atoms with Crippen LogP contribution >= 0.6 is 11.3 Å². The Labute approximate surface area is 99.7 Å². The summed E-state index contributed by atoms with van der Waals surface area (Å²) >= 11 is 1.63. The number of thiophene rings is 1. The summed E-state index contributed by atoms with van der Waals surface area (Å²) in [6, 6.07) is 3.57. The van der Waals surface area contributed by atoms with Gasteiger partial charge in [0.05, 0.1) is 18.7 Å². The number of amides is 2. The van der Waals surface area contributed by atoms with Gasteiger partial charge in [0.25, 0.3) is 0 Å². The summed E-state index contributed by atoms with van der Waals surface area (Å²) < 4.78 is 0. The minimum atomic E-state index is -0.234. The molecule has 5 heteroatoms. The van der Waals surface area contributed by atoms with Gasteiger partial charge in [0.15, 0.2) is 0 Å². The Morgan fingerprint density at radius 2 is 2.31 bits per heavy atom. The number of hydrogen-bond donors (Lipinski definition) is 3. The Morgan fingerprint density at radius 1 is 1.56 bits per heavy atom. The highest BCUT2D eigenvalue weighted by atomic mass is 32.1. The number of urea groups is 1. The van der Waals surface area contributed by atoms with E-state index in [1.807, 2.05) is 24.4 Å². The van der Waals surface area contributed by atoms with Gasteiger partial charge in [-0.2, -0.15) is 0 Å². The first-order valence-corrected chi connectivity index (χ1v) is 6.26. The van der Waals surface area contributed by atoms with Crippen LogP contribution in [0.3, 0.4) is 0 Å². The van der Waals surface area contributed by atoms with Gasteiger partial charge in [-0.3, -0.25) is 0 Å². The van der Waals surface area contributed by atoms with Gasteiger partial charge < -0.3 is 15.7 Å². The molecule has 16 heavy (non-hydrogen) atoms. The van der Waals surface area contributed by atoms with Gasteiger partial charge in [-0.25, -0.2) is 4.79 Å². The molecule has 1 rings (SSSR count). The van der Waals surface area contributed by atoms with Crippen molar-refractivity contribution in [2.24, 2.45) is 0 Å². The number of hydrogen-bond acceptors (Lipinski definition) is 3. The maximum Gasteiger partial charge on any atom is 0.315 e. The fourth-order valence-corrected chi connectivity index (χ4v) is 2.19. The molecule has 2 amide bonds. The zero-order valence-corrected chi connectivity index (χ0v) is 10.4. The highest BCUT2D eigenvalue weighted by molar-refractivity contribution is 7.10. The number of aliphatic hydroxyl groups excluding tert-OH is 1. The van der Waals surface area contributed by atoms with Crippen molar-refractivity contribution in [2.75, 3.05) is 6.61 Å². The van der Waals surface area contributed by atoms with Crippen molar-refractivity contribution in [3.63, 3.8) is 0 Å². The van der Waals surface area contributed by atoms with Crippen LogP contribution in [0.2, 0.25) is 0 Å². The van der Waals surface area contributed by atoms with E-state index in [0.29, 0.717) is 0 Å². The van der Waals surface area contributed by atoms with E-state index in [-0.39, 0.29) is 24.7 Å². The number of aliphatic hydroxyl groups is 1. The van der Waals surface area contributed by atoms with Gasteiger partial charge in [0.1, 0.15) is 0 Å². The molecule has 0 fully saturated rings. The minimum absolute atomic E-state index is 0.0471. The van der Waals surface area contributed by atoms with Gasteiger partial charge in [0.2, 0.25) is 0 Å². The average Bonchev–Trinajstić information content (AvgIpc) is 2.79. The molecule has 3 N–H and O–H groups in total. The Bertz CT molecular complexity index is 314. The molecular formula is C11H18N2O2S. The fraction of sp³-hybridized carbons (Fsp3) is 0.545. The van der Waals surface area contributed by atoms with E-state index in [4.69, 9.17) is 5.11 Å². The van der Waals surface area contributed by atoms with Crippen molar-refractivity contribution >= 4 is 17.4 Å². The van der Waals surface area contributed by atoms with Crippen LogP contribution in [0.5, 0.6) is 0 Å². The van der Waals surface area contributed by atoms with E-state index in [9.17, 15) is 4.79 Å². The highest BCUT2D eigenvalue weighted by Crippen LogP contribution is 2.21. The second-order valence-electron chi connectivity index (χ2n) is 3.68. The number of rotatable bonds is 5. The molecule has 0 aliphatic carbocycles. The number of nitrogens with one attached hydrogen (secondary N) is 2. The van der Waals surface area contributed by atoms with Crippen LogP contribution in [0, 0.1) is 0 Å². The molecule has 1 heterocycles. The van der Waals surface area contributed by atoms with Gasteiger partial charge in [0, 0.05) is 4.88 Å². The lowest BCUT2D eigenvalue weighted by Gasteiger charge is -2.18. The van der Waals surface area contributed by atoms with Crippen LogP contribution in [-0.4, -0.2) is 23.8 Å². The second-order valence-corrected chi connectivity index (χ2v) is 4.66.